The number of carbonyl (C=O) groups is 1. The number of aryl methyl sites for hydroxylation is 1. The van der Waals surface area contributed by atoms with Crippen LogP contribution in [0.5, 0.6) is 0 Å². The van der Waals surface area contributed by atoms with Gasteiger partial charge in [-0.15, -0.1) is 11.8 Å². The Morgan fingerprint density at radius 1 is 1.50 bits per heavy atom. The van der Waals surface area contributed by atoms with Gasteiger partial charge in [-0.05, 0) is 31.0 Å². The Balaban J connectivity index is 2.21. The number of nitrogens with zero attached hydrogens (tertiary/aromatic N) is 1. The third-order valence-corrected chi connectivity index (χ3v) is 4.86. The number of nitrogens with one attached hydrogen (secondary N) is 1. The molecule has 0 aliphatic heterocycles. The number of aromatic nitrogens is 1. The van der Waals surface area contributed by atoms with Crippen LogP contribution in [0.3, 0.4) is 0 Å². The summed E-state index contributed by atoms with van der Waals surface area (Å²) < 4.78 is 19.5. The fourth-order valence-electron chi connectivity index (χ4n) is 2.51. The summed E-state index contributed by atoms with van der Waals surface area (Å²) in [4.78, 5) is 16.2. The fourth-order valence-corrected chi connectivity index (χ4v) is 3.24. The normalized spacial score (nSPS) is 13.2. The Morgan fingerprint density at radius 3 is 2.81 bits per heavy atom. The second-order valence-corrected chi connectivity index (χ2v) is 7.20. The van der Waals surface area contributed by atoms with Crippen LogP contribution < -0.4 is 16.8 Å². The molecule has 6 nitrogen and oxygen atoms in total. The summed E-state index contributed by atoms with van der Waals surface area (Å²) in [5, 5.41) is 3.18. The molecule has 0 bridgehead atoms. The minimum absolute atomic E-state index is 0.153. The highest BCUT2D eigenvalue weighted by molar-refractivity contribution is 8.02. The number of amides is 1. The lowest BCUT2D eigenvalue weighted by Gasteiger charge is -2.29. The Labute approximate surface area is 156 Å². The number of carbonyl (C=O) groups excluding carboxylic acids is 1. The molecule has 1 aromatic carbocycles. The highest BCUT2D eigenvalue weighted by atomic mass is 32.2. The van der Waals surface area contributed by atoms with Gasteiger partial charge >= 0.3 is 0 Å². The highest BCUT2D eigenvalue weighted by Crippen LogP contribution is 2.32. The molecular weight excluding hydrogens is 355 g/mol. The van der Waals surface area contributed by atoms with Gasteiger partial charge in [0, 0.05) is 29.5 Å². The summed E-state index contributed by atoms with van der Waals surface area (Å²) in [6.45, 7) is 7.17. The summed E-state index contributed by atoms with van der Waals surface area (Å²) in [6.07, 6.45) is 2.31. The van der Waals surface area contributed by atoms with E-state index in [0.717, 1.165) is 0 Å². The van der Waals surface area contributed by atoms with Crippen molar-refractivity contribution in [2.24, 2.45) is 11.5 Å². The predicted octanol–water partition coefficient (Wildman–Crippen LogP) is 3.49. The molecule has 0 saturated heterocycles. The Kier molecular flexibility index (Phi) is 6.44. The standard InChI is InChI=1S/C18H23FN4O2S/c1-4-18(21,7-8-26-11(2)20)14-9-13(5-6-15(14)19)23-17(24)16-10-25-12(3)22-16/h5-6,9-10H,2,4,7-8,20-21H2,1,3H3,(H,23,24)/t18-/m0/s1. The van der Waals surface area contributed by atoms with Crippen molar-refractivity contribution in [1.82, 2.24) is 4.98 Å². The molecule has 1 amide bonds. The Hall–Kier alpha value is -2.32. The zero-order valence-electron chi connectivity index (χ0n) is 14.8. The molecule has 26 heavy (non-hydrogen) atoms. The number of hydrogen-bond acceptors (Lipinski definition) is 6. The van der Waals surface area contributed by atoms with Gasteiger partial charge in [-0.25, -0.2) is 9.37 Å². The number of thioether (sulfide) groups is 1. The Bertz CT molecular complexity index is 808. The molecule has 2 aromatic rings. The van der Waals surface area contributed by atoms with Crippen molar-refractivity contribution in [1.29, 1.82) is 0 Å². The number of anilines is 1. The molecule has 2 rings (SSSR count). The third kappa shape index (κ3) is 4.86. The lowest BCUT2D eigenvalue weighted by molar-refractivity contribution is 0.102. The molecule has 1 aromatic heterocycles. The lowest BCUT2D eigenvalue weighted by atomic mass is 9.85. The molecule has 1 heterocycles. The topological polar surface area (TPSA) is 107 Å². The third-order valence-electron chi connectivity index (χ3n) is 4.08. The van der Waals surface area contributed by atoms with Gasteiger partial charge in [0.2, 0.25) is 0 Å². The number of benzene rings is 1. The van der Waals surface area contributed by atoms with E-state index in [4.69, 9.17) is 15.9 Å². The summed E-state index contributed by atoms with van der Waals surface area (Å²) in [5.74, 6) is 0.157. The summed E-state index contributed by atoms with van der Waals surface area (Å²) >= 11 is 1.38. The van der Waals surface area contributed by atoms with Gasteiger partial charge in [0.05, 0.1) is 5.03 Å². The average molecular weight is 378 g/mol. The van der Waals surface area contributed by atoms with Crippen molar-refractivity contribution in [3.05, 3.63) is 59.0 Å². The van der Waals surface area contributed by atoms with E-state index in [0.29, 0.717) is 40.8 Å². The van der Waals surface area contributed by atoms with Gasteiger partial charge in [0.1, 0.15) is 12.1 Å². The van der Waals surface area contributed by atoms with E-state index in [2.05, 4.69) is 16.9 Å². The Morgan fingerprint density at radius 2 is 2.23 bits per heavy atom. The van der Waals surface area contributed by atoms with Gasteiger partial charge < -0.3 is 21.2 Å². The first-order chi connectivity index (χ1) is 12.2. The van der Waals surface area contributed by atoms with Crippen molar-refractivity contribution in [3.8, 4) is 0 Å². The number of hydrogen-bond donors (Lipinski definition) is 3. The molecule has 0 unspecified atom stereocenters. The predicted molar refractivity (Wildman–Crippen MR) is 102 cm³/mol. The van der Waals surface area contributed by atoms with Crippen molar-refractivity contribution in [2.75, 3.05) is 11.1 Å². The van der Waals surface area contributed by atoms with Gasteiger partial charge in [-0.2, -0.15) is 0 Å². The van der Waals surface area contributed by atoms with E-state index in [-0.39, 0.29) is 5.69 Å². The molecule has 0 saturated carbocycles. The second-order valence-electron chi connectivity index (χ2n) is 5.97. The fraction of sp³-hybridized carbons (Fsp3) is 0.333. The van der Waals surface area contributed by atoms with Crippen molar-refractivity contribution in [3.63, 3.8) is 0 Å². The zero-order chi connectivity index (χ0) is 19.3. The van der Waals surface area contributed by atoms with Crippen LogP contribution in [0.2, 0.25) is 0 Å². The van der Waals surface area contributed by atoms with E-state index >= 15 is 0 Å². The van der Waals surface area contributed by atoms with E-state index in [9.17, 15) is 9.18 Å². The number of nitrogens with two attached hydrogens (primary N) is 2. The minimum Gasteiger partial charge on any atom is -0.448 e. The van der Waals surface area contributed by atoms with E-state index in [1.54, 1.807) is 13.0 Å². The van der Waals surface area contributed by atoms with Crippen LogP contribution >= 0.6 is 11.8 Å². The van der Waals surface area contributed by atoms with Crippen LogP contribution in [0.4, 0.5) is 10.1 Å². The molecule has 0 radical (unpaired) electrons. The van der Waals surface area contributed by atoms with Crippen LogP contribution in [0.1, 0.15) is 41.7 Å². The maximum atomic E-state index is 14.4. The smallest absolute Gasteiger partial charge is 0.277 e. The molecular formula is C18H23FN4O2S. The van der Waals surface area contributed by atoms with Gasteiger partial charge in [-0.3, -0.25) is 4.79 Å². The molecule has 0 aliphatic rings. The van der Waals surface area contributed by atoms with Crippen LogP contribution in [-0.2, 0) is 5.54 Å². The monoisotopic (exact) mass is 378 g/mol. The number of rotatable bonds is 8. The van der Waals surface area contributed by atoms with Crippen LogP contribution in [0.15, 0.2) is 40.5 Å². The second kappa shape index (κ2) is 8.37. The molecule has 8 heteroatoms. The van der Waals surface area contributed by atoms with Crippen LogP contribution in [0.25, 0.3) is 0 Å². The first-order valence-electron chi connectivity index (χ1n) is 8.14. The molecule has 0 spiro atoms. The number of oxazole rings is 1. The van der Waals surface area contributed by atoms with Crippen LogP contribution in [0, 0.1) is 12.7 Å². The van der Waals surface area contributed by atoms with E-state index < -0.39 is 17.3 Å². The first-order valence-corrected chi connectivity index (χ1v) is 9.13. The molecule has 0 fully saturated rings. The highest BCUT2D eigenvalue weighted by Gasteiger charge is 2.28. The molecule has 1 atom stereocenters. The first kappa shape index (κ1) is 20.0. The quantitative estimate of drug-likeness (QED) is 0.649. The lowest BCUT2D eigenvalue weighted by Crippen LogP contribution is -2.37. The van der Waals surface area contributed by atoms with Crippen molar-refractivity contribution < 1.29 is 13.6 Å². The molecule has 5 N–H and O–H groups in total. The van der Waals surface area contributed by atoms with Gasteiger partial charge in [0.15, 0.2) is 11.6 Å². The maximum absolute atomic E-state index is 14.4. The van der Waals surface area contributed by atoms with Gasteiger partial charge in [0.25, 0.3) is 5.91 Å². The molecule has 140 valence electrons. The molecule has 0 aliphatic carbocycles. The van der Waals surface area contributed by atoms with Gasteiger partial charge in [-0.1, -0.05) is 13.5 Å². The summed E-state index contributed by atoms with van der Waals surface area (Å²) in [5.41, 5.74) is 12.1. The van der Waals surface area contributed by atoms with Crippen molar-refractivity contribution in [2.45, 2.75) is 32.2 Å². The summed E-state index contributed by atoms with van der Waals surface area (Å²) in [7, 11) is 0. The maximum Gasteiger partial charge on any atom is 0.277 e. The SMILES string of the molecule is C=C(N)SCC[C@@](N)(CC)c1cc(NC(=O)c2coc(C)n2)ccc1F. The van der Waals surface area contributed by atoms with E-state index in [1.807, 2.05) is 6.92 Å². The van der Waals surface area contributed by atoms with Crippen molar-refractivity contribution >= 4 is 23.4 Å². The average Bonchev–Trinajstić information content (AvgIpc) is 3.02. The summed E-state index contributed by atoms with van der Waals surface area (Å²) in [6, 6.07) is 4.34. The number of halogens is 1. The minimum atomic E-state index is -0.877. The van der Waals surface area contributed by atoms with Crippen LogP contribution in [-0.4, -0.2) is 16.6 Å². The zero-order valence-corrected chi connectivity index (χ0v) is 15.7. The largest absolute Gasteiger partial charge is 0.448 e. The van der Waals surface area contributed by atoms with E-state index in [1.165, 1.54) is 30.2 Å².